The molecule has 1 heterocycles. The Balaban J connectivity index is 2.12. The minimum Gasteiger partial charge on any atom is -0.479 e. The van der Waals surface area contributed by atoms with Crippen molar-refractivity contribution in [3.05, 3.63) is 42.2 Å². The molecule has 6 heteroatoms. The van der Waals surface area contributed by atoms with Crippen LogP contribution in [-0.4, -0.2) is 44.2 Å². The van der Waals surface area contributed by atoms with Crippen LogP contribution in [0.2, 0.25) is 0 Å². The molecular formula is C15H14O6. The van der Waals surface area contributed by atoms with Gasteiger partial charge in [-0.25, -0.2) is 4.79 Å². The number of hydrogen-bond acceptors (Lipinski definition) is 5. The van der Waals surface area contributed by atoms with E-state index < -0.39 is 30.2 Å². The molecule has 0 unspecified atom stereocenters. The van der Waals surface area contributed by atoms with Crippen molar-refractivity contribution in [3.63, 3.8) is 0 Å². The number of carboxylic acid groups (broad SMARTS) is 1. The first-order valence-electron chi connectivity index (χ1n) is 6.43. The van der Waals surface area contributed by atoms with Gasteiger partial charge in [-0.15, -0.1) is 0 Å². The van der Waals surface area contributed by atoms with Crippen molar-refractivity contribution in [2.75, 3.05) is 0 Å². The zero-order valence-electron chi connectivity index (χ0n) is 10.9. The Labute approximate surface area is 119 Å². The number of furan rings is 1. The zero-order chi connectivity index (χ0) is 15.2. The van der Waals surface area contributed by atoms with Gasteiger partial charge < -0.3 is 24.8 Å². The van der Waals surface area contributed by atoms with Crippen LogP contribution in [0.1, 0.15) is 12.0 Å². The summed E-state index contributed by atoms with van der Waals surface area (Å²) in [6.45, 7) is 0. The van der Waals surface area contributed by atoms with Crippen LogP contribution in [0.4, 0.5) is 0 Å². The smallest absolute Gasteiger partial charge is 0.339 e. The minimum absolute atomic E-state index is 0.182. The molecule has 0 radical (unpaired) electrons. The van der Waals surface area contributed by atoms with Crippen molar-refractivity contribution < 1.29 is 29.6 Å². The lowest BCUT2D eigenvalue weighted by Gasteiger charge is -2.33. The molecule has 0 saturated carbocycles. The largest absolute Gasteiger partial charge is 0.479 e. The number of benzene rings is 1. The molecule has 0 spiro atoms. The summed E-state index contributed by atoms with van der Waals surface area (Å²) in [6.07, 6.45) is -0.461. The Kier molecular flexibility index (Phi) is 3.09. The van der Waals surface area contributed by atoms with E-state index in [4.69, 9.17) is 9.52 Å². The van der Waals surface area contributed by atoms with E-state index in [1.165, 1.54) is 6.26 Å². The maximum atomic E-state index is 11.2. The SMILES string of the molecule is O=C(O)[C@]1(O)C=C(c2ccc3occc3c2)[C@@H](O)[C@H](O)C1. The molecule has 3 atom stereocenters. The van der Waals surface area contributed by atoms with E-state index in [1.807, 2.05) is 0 Å². The highest BCUT2D eigenvalue weighted by molar-refractivity contribution is 5.88. The fraction of sp³-hybridized carbons (Fsp3) is 0.267. The van der Waals surface area contributed by atoms with E-state index in [1.54, 1.807) is 24.3 Å². The summed E-state index contributed by atoms with van der Waals surface area (Å²) < 4.78 is 5.21. The molecule has 0 bridgehead atoms. The zero-order valence-corrected chi connectivity index (χ0v) is 10.9. The van der Waals surface area contributed by atoms with Gasteiger partial charge in [0.1, 0.15) is 11.7 Å². The summed E-state index contributed by atoms with van der Waals surface area (Å²) in [6, 6.07) is 6.75. The fourth-order valence-corrected chi connectivity index (χ4v) is 2.59. The van der Waals surface area contributed by atoms with Crippen LogP contribution in [0, 0.1) is 0 Å². The van der Waals surface area contributed by atoms with Gasteiger partial charge in [0, 0.05) is 11.8 Å². The molecule has 0 aliphatic heterocycles. The summed E-state index contributed by atoms with van der Waals surface area (Å²) in [7, 11) is 0. The van der Waals surface area contributed by atoms with E-state index >= 15 is 0 Å². The summed E-state index contributed by atoms with van der Waals surface area (Å²) in [4.78, 5) is 11.2. The number of hydrogen-bond donors (Lipinski definition) is 4. The molecule has 1 aliphatic carbocycles. The topological polar surface area (TPSA) is 111 Å². The third-order valence-corrected chi connectivity index (χ3v) is 3.75. The lowest BCUT2D eigenvalue weighted by atomic mass is 9.80. The van der Waals surface area contributed by atoms with E-state index in [2.05, 4.69) is 0 Å². The first-order chi connectivity index (χ1) is 9.90. The van der Waals surface area contributed by atoms with E-state index in [-0.39, 0.29) is 5.57 Å². The van der Waals surface area contributed by atoms with Crippen LogP contribution in [0.5, 0.6) is 0 Å². The molecule has 6 nitrogen and oxygen atoms in total. The lowest BCUT2D eigenvalue weighted by molar-refractivity contribution is -0.157. The molecule has 3 rings (SSSR count). The molecule has 4 N–H and O–H groups in total. The predicted octanol–water partition coefficient (Wildman–Crippen LogP) is 0.757. The average Bonchev–Trinajstić information content (AvgIpc) is 2.90. The second-order valence-electron chi connectivity index (χ2n) is 5.22. The minimum atomic E-state index is -2.20. The van der Waals surface area contributed by atoms with E-state index in [0.29, 0.717) is 11.1 Å². The summed E-state index contributed by atoms with van der Waals surface area (Å²) >= 11 is 0. The first kappa shape index (κ1) is 13.8. The van der Waals surface area contributed by atoms with Crippen molar-refractivity contribution in [2.24, 2.45) is 0 Å². The molecule has 1 aliphatic rings. The van der Waals surface area contributed by atoms with Crippen LogP contribution in [0.25, 0.3) is 16.5 Å². The normalized spacial score (nSPS) is 29.4. The highest BCUT2D eigenvalue weighted by Gasteiger charge is 2.43. The molecule has 21 heavy (non-hydrogen) atoms. The Hall–Kier alpha value is -2.15. The van der Waals surface area contributed by atoms with Gasteiger partial charge in [-0.3, -0.25) is 0 Å². The Bertz CT molecular complexity index is 731. The van der Waals surface area contributed by atoms with Crippen molar-refractivity contribution in [3.8, 4) is 0 Å². The lowest BCUT2D eigenvalue weighted by Crippen LogP contribution is -2.47. The molecule has 0 saturated heterocycles. The van der Waals surface area contributed by atoms with Gasteiger partial charge in [-0.1, -0.05) is 6.07 Å². The van der Waals surface area contributed by atoms with E-state index in [9.17, 15) is 20.1 Å². The van der Waals surface area contributed by atoms with Gasteiger partial charge in [0.15, 0.2) is 5.60 Å². The molecule has 0 fully saturated rings. The van der Waals surface area contributed by atoms with Crippen molar-refractivity contribution in [1.82, 2.24) is 0 Å². The quantitative estimate of drug-likeness (QED) is 0.649. The number of aliphatic carboxylic acids is 1. The summed E-state index contributed by atoms with van der Waals surface area (Å²) in [5.74, 6) is -1.46. The van der Waals surface area contributed by atoms with Crippen LogP contribution >= 0.6 is 0 Å². The van der Waals surface area contributed by atoms with Gasteiger partial charge in [0.25, 0.3) is 0 Å². The van der Waals surface area contributed by atoms with Crippen LogP contribution in [0.3, 0.4) is 0 Å². The summed E-state index contributed by atoms with van der Waals surface area (Å²) in [5, 5.41) is 39.9. The average molecular weight is 290 g/mol. The number of fused-ring (bicyclic) bond motifs is 1. The first-order valence-corrected chi connectivity index (χ1v) is 6.43. The van der Waals surface area contributed by atoms with Gasteiger partial charge >= 0.3 is 5.97 Å². The molecule has 1 aromatic carbocycles. The predicted molar refractivity (Wildman–Crippen MR) is 73.4 cm³/mol. The summed E-state index contributed by atoms with van der Waals surface area (Å²) in [5.41, 5.74) is -0.838. The molecule has 110 valence electrons. The maximum Gasteiger partial charge on any atom is 0.339 e. The van der Waals surface area contributed by atoms with Gasteiger partial charge in [-0.05, 0) is 35.4 Å². The van der Waals surface area contributed by atoms with Crippen molar-refractivity contribution in [1.29, 1.82) is 0 Å². The third kappa shape index (κ3) is 2.23. The maximum absolute atomic E-state index is 11.2. The molecular weight excluding hydrogens is 276 g/mol. The number of aliphatic hydroxyl groups excluding tert-OH is 2. The number of rotatable bonds is 2. The number of carbonyl (C=O) groups is 1. The van der Waals surface area contributed by atoms with E-state index in [0.717, 1.165) is 11.5 Å². The monoisotopic (exact) mass is 290 g/mol. The van der Waals surface area contributed by atoms with Crippen molar-refractivity contribution >= 4 is 22.5 Å². The number of aliphatic hydroxyl groups is 3. The van der Waals surface area contributed by atoms with Crippen molar-refractivity contribution in [2.45, 2.75) is 24.2 Å². The highest BCUT2D eigenvalue weighted by atomic mass is 16.4. The molecule has 1 aromatic heterocycles. The Morgan fingerprint density at radius 3 is 2.76 bits per heavy atom. The van der Waals surface area contributed by atoms with Gasteiger partial charge in [0.05, 0.1) is 12.4 Å². The molecule has 0 amide bonds. The Morgan fingerprint density at radius 1 is 1.29 bits per heavy atom. The molecule has 2 aromatic rings. The second-order valence-corrected chi connectivity index (χ2v) is 5.22. The second kappa shape index (κ2) is 4.70. The van der Waals surface area contributed by atoms with Gasteiger partial charge in [-0.2, -0.15) is 0 Å². The fourth-order valence-electron chi connectivity index (χ4n) is 2.59. The highest BCUT2D eigenvalue weighted by Crippen LogP contribution is 2.34. The van der Waals surface area contributed by atoms with Gasteiger partial charge in [0.2, 0.25) is 0 Å². The third-order valence-electron chi connectivity index (χ3n) is 3.75. The van der Waals surface area contributed by atoms with Crippen LogP contribution < -0.4 is 0 Å². The number of carboxylic acids is 1. The Morgan fingerprint density at radius 2 is 2.05 bits per heavy atom. The standard InChI is InChI=1S/C15H14O6/c16-11-7-15(20,14(18)19)6-10(13(11)17)8-1-2-12-9(5-8)3-4-21-12/h1-6,11,13,16-17,20H,7H2,(H,18,19)/t11-,13-,15+/m1/s1. The van der Waals surface area contributed by atoms with Crippen LogP contribution in [-0.2, 0) is 4.79 Å². The van der Waals surface area contributed by atoms with Crippen LogP contribution in [0.15, 0.2) is 41.0 Å².